The van der Waals surface area contributed by atoms with Crippen molar-refractivity contribution in [3.8, 4) is 44.5 Å². The molecule has 5 aliphatic rings. The fourth-order valence-electron chi connectivity index (χ4n) is 12.6. The van der Waals surface area contributed by atoms with Gasteiger partial charge in [-0.1, -0.05) is 115 Å². The summed E-state index contributed by atoms with van der Waals surface area (Å²) in [5.41, 5.74) is 16.1. The van der Waals surface area contributed by atoms with Crippen LogP contribution in [0.3, 0.4) is 0 Å². The first-order chi connectivity index (χ1) is 26.7. The number of hydrogen-bond acceptors (Lipinski definition) is 2. The average Bonchev–Trinajstić information content (AvgIpc) is 3.88. The van der Waals surface area contributed by atoms with Crippen molar-refractivity contribution >= 4 is 53.4 Å². The van der Waals surface area contributed by atoms with Gasteiger partial charge in [0, 0.05) is 36.4 Å². The van der Waals surface area contributed by atoms with Crippen molar-refractivity contribution in [1.82, 2.24) is 0 Å². The number of rotatable bonds is 3. The Labute approximate surface area is 318 Å². The molecule has 0 aliphatic heterocycles. The molecular weight excluding hydrogens is 673 g/mol. The van der Waals surface area contributed by atoms with E-state index in [1.807, 2.05) is 11.3 Å². The molecule has 0 saturated heterocycles. The third-order valence-electron chi connectivity index (χ3n) is 14.3. The van der Waals surface area contributed by atoms with Gasteiger partial charge >= 0.3 is 0 Å². The van der Waals surface area contributed by atoms with Gasteiger partial charge in [-0.25, -0.2) is 0 Å². The van der Waals surface area contributed by atoms with Crippen LogP contribution < -0.4 is 0 Å². The standard InChI is InChI=1S/C52H38OS/c1-3-20-44-40(12-1)49-36(14-8-21-45(49)53-44)32-10-5-11-33(29-32)37-15-6-18-42-48-38(39-17-9-23-47-50(39)41-13-2-4-22-46(41)54-47)16-7-19-43(48)52(51(37)42)34-25-30-24-31(27-34)28-35(52)26-30/h1-23,29-31,34-35H,24-28H2. The van der Waals surface area contributed by atoms with Gasteiger partial charge in [0.05, 0.1) is 0 Å². The molecule has 4 saturated carbocycles. The van der Waals surface area contributed by atoms with Crippen LogP contribution in [-0.4, -0.2) is 0 Å². The van der Waals surface area contributed by atoms with Gasteiger partial charge in [-0.15, -0.1) is 11.3 Å². The van der Waals surface area contributed by atoms with E-state index >= 15 is 0 Å². The molecule has 54 heavy (non-hydrogen) atoms. The van der Waals surface area contributed by atoms with Crippen LogP contribution in [0.5, 0.6) is 0 Å². The summed E-state index contributed by atoms with van der Waals surface area (Å²) in [6.07, 6.45) is 6.92. The zero-order valence-electron chi connectivity index (χ0n) is 30.0. The van der Waals surface area contributed by atoms with Crippen LogP contribution in [0.1, 0.15) is 43.2 Å². The fourth-order valence-corrected chi connectivity index (χ4v) is 13.8. The van der Waals surface area contributed by atoms with Gasteiger partial charge in [0.15, 0.2) is 0 Å². The first-order valence-electron chi connectivity index (χ1n) is 19.9. The number of thiophene rings is 1. The molecule has 0 unspecified atom stereocenters. The fraction of sp³-hybridized carbons (Fsp3) is 0.192. The first-order valence-corrected chi connectivity index (χ1v) is 20.7. The summed E-state index contributed by atoms with van der Waals surface area (Å²) >= 11 is 1.92. The molecule has 5 aliphatic carbocycles. The zero-order chi connectivity index (χ0) is 35.1. The minimum Gasteiger partial charge on any atom is -0.456 e. The first kappa shape index (κ1) is 29.9. The molecule has 1 nitrogen and oxygen atoms in total. The largest absolute Gasteiger partial charge is 0.456 e. The average molecular weight is 711 g/mol. The van der Waals surface area contributed by atoms with E-state index in [-0.39, 0.29) is 5.41 Å². The van der Waals surface area contributed by atoms with Gasteiger partial charge in [0.25, 0.3) is 0 Å². The molecule has 0 amide bonds. The highest BCUT2D eigenvalue weighted by atomic mass is 32.1. The highest BCUT2D eigenvalue weighted by molar-refractivity contribution is 7.25. The second kappa shape index (κ2) is 10.8. The molecule has 14 rings (SSSR count). The smallest absolute Gasteiger partial charge is 0.136 e. The van der Waals surface area contributed by atoms with Gasteiger partial charge in [-0.2, -0.15) is 0 Å². The summed E-state index contributed by atoms with van der Waals surface area (Å²) in [6, 6.07) is 55.1. The van der Waals surface area contributed by atoms with Crippen molar-refractivity contribution in [1.29, 1.82) is 0 Å². The van der Waals surface area contributed by atoms with Crippen LogP contribution in [0.2, 0.25) is 0 Å². The van der Waals surface area contributed by atoms with E-state index in [0.29, 0.717) is 11.8 Å². The highest BCUT2D eigenvalue weighted by Gasteiger charge is 2.62. The maximum Gasteiger partial charge on any atom is 0.136 e. The van der Waals surface area contributed by atoms with Crippen molar-refractivity contribution < 1.29 is 4.42 Å². The summed E-state index contributed by atoms with van der Waals surface area (Å²) in [4.78, 5) is 0. The van der Waals surface area contributed by atoms with Crippen LogP contribution in [0, 0.1) is 23.7 Å². The Morgan fingerprint density at radius 3 is 1.94 bits per heavy atom. The topological polar surface area (TPSA) is 13.1 Å². The normalized spacial score (nSPS) is 23.6. The summed E-state index contributed by atoms with van der Waals surface area (Å²) < 4.78 is 9.09. The van der Waals surface area contributed by atoms with Crippen LogP contribution in [0.15, 0.2) is 150 Å². The molecule has 0 N–H and O–H groups in total. The third kappa shape index (κ3) is 3.84. The number of para-hydroxylation sites is 1. The van der Waals surface area contributed by atoms with Crippen molar-refractivity contribution in [2.75, 3.05) is 0 Å². The van der Waals surface area contributed by atoms with Crippen LogP contribution in [0.4, 0.5) is 0 Å². The second-order valence-electron chi connectivity index (χ2n) is 16.8. The Hall–Kier alpha value is -5.44. The van der Waals surface area contributed by atoms with Gasteiger partial charge in [-0.05, 0) is 142 Å². The van der Waals surface area contributed by atoms with Crippen LogP contribution in [0.25, 0.3) is 86.6 Å². The third-order valence-corrected chi connectivity index (χ3v) is 15.4. The van der Waals surface area contributed by atoms with E-state index in [4.69, 9.17) is 4.42 Å². The van der Waals surface area contributed by atoms with Gasteiger partial charge in [0.2, 0.25) is 0 Å². The quantitative estimate of drug-likeness (QED) is 0.178. The lowest BCUT2D eigenvalue weighted by Crippen LogP contribution is -2.55. The Balaban J connectivity index is 1.08. The van der Waals surface area contributed by atoms with E-state index < -0.39 is 0 Å². The van der Waals surface area contributed by atoms with Gasteiger partial charge in [0.1, 0.15) is 11.2 Å². The summed E-state index contributed by atoms with van der Waals surface area (Å²) in [6.45, 7) is 0. The highest BCUT2D eigenvalue weighted by Crippen LogP contribution is 2.71. The van der Waals surface area contributed by atoms with Crippen molar-refractivity contribution in [2.45, 2.75) is 37.5 Å². The number of furan rings is 1. The minimum atomic E-state index is 0.0338. The lowest BCUT2D eigenvalue weighted by molar-refractivity contribution is -0.0397. The van der Waals surface area contributed by atoms with E-state index in [1.165, 1.54) is 108 Å². The molecule has 0 radical (unpaired) electrons. The molecule has 9 aromatic rings. The van der Waals surface area contributed by atoms with Crippen molar-refractivity contribution in [3.05, 3.63) is 157 Å². The number of fused-ring (bicyclic) bond motifs is 9. The minimum absolute atomic E-state index is 0.0338. The molecule has 2 heterocycles. The molecular formula is C52H38OS. The molecule has 4 fully saturated rings. The molecule has 0 atom stereocenters. The van der Waals surface area contributed by atoms with Crippen molar-refractivity contribution in [3.63, 3.8) is 0 Å². The zero-order valence-corrected chi connectivity index (χ0v) is 30.8. The Bertz CT molecular complexity index is 3000. The summed E-state index contributed by atoms with van der Waals surface area (Å²) in [7, 11) is 0. The Morgan fingerprint density at radius 2 is 1.07 bits per heavy atom. The molecule has 1 spiro atoms. The number of hydrogen-bond donors (Lipinski definition) is 0. The van der Waals surface area contributed by atoms with E-state index in [1.54, 1.807) is 11.1 Å². The lowest BCUT2D eigenvalue weighted by atomic mass is 9.42. The molecule has 258 valence electrons. The van der Waals surface area contributed by atoms with E-state index in [9.17, 15) is 0 Å². The van der Waals surface area contributed by atoms with E-state index in [2.05, 4.69) is 146 Å². The summed E-state index contributed by atoms with van der Waals surface area (Å²) in [5, 5.41) is 5.16. The predicted molar refractivity (Wildman–Crippen MR) is 226 cm³/mol. The predicted octanol–water partition coefficient (Wildman–Crippen LogP) is 14.7. The molecule has 2 aromatic heterocycles. The molecule has 7 aromatic carbocycles. The molecule has 2 heteroatoms. The van der Waals surface area contributed by atoms with Gasteiger partial charge in [-0.3, -0.25) is 0 Å². The SMILES string of the molecule is c1cc(-c2cccc3c2C2(c4cccc(-c5cccc6sc7ccccc7c56)c4-3)C3CC4CC(C3)CC2C4)cc(-c2cccc3oc4ccccc4c23)c1. The summed E-state index contributed by atoms with van der Waals surface area (Å²) in [5.74, 6) is 3.13. The maximum atomic E-state index is 6.35. The van der Waals surface area contributed by atoms with Crippen molar-refractivity contribution in [2.24, 2.45) is 23.7 Å². The monoisotopic (exact) mass is 710 g/mol. The second-order valence-corrected chi connectivity index (χ2v) is 17.8. The Morgan fingerprint density at radius 1 is 0.463 bits per heavy atom. The maximum absolute atomic E-state index is 6.35. The molecule has 4 bridgehead atoms. The number of benzene rings is 7. The Kier molecular flexibility index (Phi) is 6.01. The van der Waals surface area contributed by atoms with Gasteiger partial charge < -0.3 is 4.42 Å². The lowest BCUT2D eigenvalue weighted by Gasteiger charge is -2.61. The van der Waals surface area contributed by atoms with E-state index in [0.717, 1.165) is 23.0 Å². The van der Waals surface area contributed by atoms with Crippen LogP contribution >= 0.6 is 11.3 Å². The van der Waals surface area contributed by atoms with Crippen LogP contribution in [-0.2, 0) is 5.41 Å².